The normalized spacial score (nSPS) is 21.8. The van der Waals surface area contributed by atoms with Crippen LogP contribution < -0.4 is 10.1 Å². The van der Waals surface area contributed by atoms with Gasteiger partial charge in [-0.3, -0.25) is 0 Å². The van der Waals surface area contributed by atoms with Crippen LogP contribution in [0.5, 0.6) is 5.75 Å². The number of nitrogens with one attached hydrogen (secondary N) is 1. The van der Waals surface area contributed by atoms with Crippen LogP contribution in [0.25, 0.3) is 0 Å². The fraction of sp³-hybridized carbons (Fsp3) is 0.455. The van der Waals surface area contributed by atoms with E-state index in [1.54, 1.807) is 6.07 Å². The first-order valence-corrected chi connectivity index (χ1v) is 4.94. The SMILES string of the molecule is Fc1cccc2c1NCC1(CC1)CO2. The third-order valence-corrected chi connectivity index (χ3v) is 3.11. The second-order valence-electron chi connectivity index (χ2n) is 4.26. The molecule has 0 unspecified atom stereocenters. The maximum atomic E-state index is 13.4. The molecular formula is C11H12FNO. The molecule has 0 radical (unpaired) electrons. The lowest BCUT2D eigenvalue weighted by molar-refractivity contribution is 0.251. The predicted molar refractivity (Wildman–Crippen MR) is 52.1 cm³/mol. The Hall–Kier alpha value is -1.25. The molecule has 1 aromatic rings. The van der Waals surface area contributed by atoms with Gasteiger partial charge < -0.3 is 10.1 Å². The molecule has 1 fully saturated rings. The van der Waals surface area contributed by atoms with Gasteiger partial charge in [0.25, 0.3) is 0 Å². The molecule has 0 saturated heterocycles. The quantitative estimate of drug-likeness (QED) is 0.683. The molecule has 74 valence electrons. The predicted octanol–water partition coefficient (Wildman–Crippen LogP) is 2.41. The summed E-state index contributed by atoms with van der Waals surface area (Å²) in [5.74, 6) is 0.425. The molecule has 0 aromatic heterocycles. The van der Waals surface area contributed by atoms with E-state index in [1.807, 2.05) is 6.07 Å². The summed E-state index contributed by atoms with van der Waals surface area (Å²) in [6.45, 7) is 1.55. The van der Waals surface area contributed by atoms with Crippen LogP contribution in [0.4, 0.5) is 10.1 Å². The zero-order chi connectivity index (χ0) is 9.60. The average molecular weight is 193 g/mol. The van der Waals surface area contributed by atoms with Gasteiger partial charge in [0.2, 0.25) is 0 Å². The number of ether oxygens (including phenoxy) is 1. The molecule has 14 heavy (non-hydrogen) atoms. The van der Waals surface area contributed by atoms with Gasteiger partial charge in [0.1, 0.15) is 17.3 Å². The molecule has 1 aliphatic heterocycles. The highest BCUT2D eigenvalue weighted by Crippen LogP contribution is 2.48. The van der Waals surface area contributed by atoms with Gasteiger partial charge in [-0.15, -0.1) is 0 Å². The van der Waals surface area contributed by atoms with Crippen LogP contribution in [-0.2, 0) is 0 Å². The summed E-state index contributed by atoms with van der Waals surface area (Å²) in [6, 6.07) is 4.95. The molecule has 1 spiro atoms. The van der Waals surface area contributed by atoms with Crippen molar-refractivity contribution in [1.82, 2.24) is 0 Å². The zero-order valence-corrected chi connectivity index (χ0v) is 7.85. The van der Waals surface area contributed by atoms with Gasteiger partial charge in [-0.2, -0.15) is 0 Å². The topological polar surface area (TPSA) is 21.3 Å². The van der Waals surface area contributed by atoms with Gasteiger partial charge in [-0.25, -0.2) is 4.39 Å². The van der Waals surface area contributed by atoms with Crippen LogP contribution >= 0.6 is 0 Å². The van der Waals surface area contributed by atoms with Crippen molar-refractivity contribution < 1.29 is 9.13 Å². The highest BCUT2D eigenvalue weighted by molar-refractivity contribution is 5.58. The molecule has 1 aromatic carbocycles. The molecule has 0 atom stereocenters. The lowest BCUT2D eigenvalue weighted by atomic mass is 10.1. The molecule has 0 amide bonds. The van der Waals surface area contributed by atoms with E-state index in [-0.39, 0.29) is 11.2 Å². The van der Waals surface area contributed by atoms with E-state index >= 15 is 0 Å². The first kappa shape index (κ1) is 8.09. The van der Waals surface area contributed by atoms with Crippen LogP contribution in [0.2, 0.25) is 0 Å². The summed E-state index contributed by atoms with van der Waals surface area (Å²) < 4.78 is 19.0. The van der Waals surface area contributed by atoms with Gasteiger partial charge in [0.05, 0.1) is 6.61 Å². The van der Waals surface area contributed by atoms with E-state index in [1.165, 1.54) is 18.9 Å². The Bertz CT molecular complexity index is 374. The number of anilines is 1. The van der Waals surface area contributed by atoms with E-state index in [9.17, 15) is 4.39 Å². The molecule has 2 aliphatic rings. The minimum Gasteiger partial charge on any atom is -0.491 e. The number of halogens is 1. The first-order valence-electron chi connectivity index (χ1n) is 4.94. The van der Waals surface area contributed by atoms with Gasteiger partial charge in [-0.1, -0.05) is 6.07 Å². The van der Waals surface area contributed by atoms with Crippen molar-refractivity contribution in [2.45, 2.75) is 12.8 Å². The van der Waals surface area contributed by atoms with E-state index < -0.39 is 0 Å². The maximum Gasteiger partial charge on any atom is 0.150 e. The Morgan fingerprint density at radius 1 is 1.36 bits per heavy atom. The van der Waals surface area contributed by atoms with Crippen LogP contribution in [0.15, 0.2) is 18.2 Å². The standard InChI is InChI=1S/C11H12FNO/c12-8-2-1-3-9-10(8)13-6-11(4-5-11)7-14-9/h1-3,13H,4-7H2. The Labute approximate surface area is 82.1 Å². The Morgan fingerprint density at radius 3 is 3.00 bits per heavy atom. The zero-order valence-electron chi connectivity index (χ0n) is 7.85. The van der Waals surface area contributed by atoms with Gasteiger partial charge in [-0.05, 0) is 25.0 Å². The molecule has 0 bridgehead atoms. The summed E-state index contributed by atoms with van der Waals surface area (Å²) in [5, 5.41) is 3.15. The van der Waals surface area contributed by atoms with Crippen molar-refractivity contribution in [3.8, 4) is 5.75 Å². The van der Waals surface area contributed by atoms with Crippen molar-refractivity contribution >= 4 is 5.69 Å². The highest BCUT2D eigenvalue weighted by atomic mass is 19.1. The van der Waals surface area contributed by atoms with Crippen molar-refractivity contribution in [2.75, 3.05) is 18.5 Å². The number of hydrogen-bond donors (Lipinski definition) is 1. The monoisotopic (exact) mass is 193 g/mol. The highest BCUT2D eigenvalue weighted by Gasteiger charge is 2.44. The molecule has 3 rings (SSSR count). The number of para-hydroxylation sites is 1. The van der Waals surface area contributed by atoms with E-state index in [0.717, 1.165) is 13.2 Å². The van der Waals surface area contributed by atoms with E-state index in [0.29, 0.717) is 11.4 Å². The fourth-order valence-electron chi connectivity index (χ4n) is 1.85. The van der Waals surface area contributed by atoms with Crippen LogP contribution in [-0.4, -0.2) is 13.2 Å². The van der Waals surface area contributed by atoms with Gasteiger partial charge >= 0.3 is 0 Å². The molecule has 2 nitrogen and oxygen atoms in total. The number of benzene rings is 1. The molecule has 1 saturated carbocycles. The molecule has 1 aliphatic carbocycles. The lowest BCUT2D eigenvalue weighted by Gasteiger charge is -2.09. The smallest absolute Gasteiger partial charge is 0.150 e. The molecular weight excluding hydrogens is 181 g/mol. The Kier molecular flexibility index (Phi) is 1.52. The van der Waals surface area contributed by atoms with E-state index in [2.05, 4.69) is 5.32 Å². The molecule has 1 N–H and O–H groups in total. The Morgan fingerprint density at radius 2 is 2.21 bits per heavy atom. The summed E-state index contributed by atoms with van der Waals surface area (Å²) >= 11 is 0. The largest absolute Gasteiger partial charge is 0.491 e. The van der Waals surface area contributed by atoms with Gasteiger partial charge in [0, 0.05) is 12.0 Å². The minimum atomic E-state index is -0.222. The Balaban J connectivity index is 1.96. The van der Waals surface area contributed by atoms with Gasteiger partial charge in [0.15, 0.2) is 0 Å². The summed E-state index contributed by atoms with van der Waals surface area (Å²) in [7, 11) is 0. The van der Waals surface area contributed by atoms with Crippen LogP contribution in [0.3, 0.4) is 0 Å². The number of fused-ring (bicyclic) bond motifs is 1. The van der Waals surface area contributed by atoms with Crippen molar-refractivity contribution in [2.24, 2.45) is 5.41 Å². The summed E-state index contributed by atoms with van der Waals surface area (Å²) in [4.78, 5) is 0. The minimum absolute atomic E-state index is 0.222. The van der Waals surface area contributed by atoms with Crippen molar-refractivity contribution in [3.05, 3.63) is 24.0 Å². The second kappa shape index (κ2) is 2.62. The average Bonchev–Trinajstić information content (AvgIpc) is 2.96. The first-order chi connectivity index (χ1) is 6.79. The summed E-state index contributed by atoms with van der Waals surface area (Å²) in [5.41, 5.74) is 0.808. The number of rotatable bonds is 0. The second-order valence-corrected chi connectivity index (χ2v) is 4.26. The third-order valence-electron chi connectivity index (χ3n) is 3.11. The van der Waals surface area contributed by atoms with Crippen LogP contribution in [0.1, 0.15) is 12.8 Å². The number of hydrogen-bond acceptors (Lipinski definition) is 2. The lowest BCUT2D eigenvalue weighted by Crippen LogP contribution is -2.18. The van der Waals surface area contributed by atoms with Crippen molar-refractivity contribution in [1.29, 1.82) is 0 Å². The summed E-state index contributed by atoms with van der Waals surface area (Å²) in [6.07, 6.45) is 2.38. The maximum absolute atomic E-state index is 13.4. The fourth-order valence-corrected chi connectivity index (χ4v) is 1.85. The third kappa shape index (κ3) is 1.15. The van der Waals surface area contributed by atoms with Crippen molar-refractivity contribution in [3.63, 3.8) is 0 Å². The van der Waals surface area contributed by atoms with Crippen LogP contribution in [0, 0.1) is 11.2 Å². The molecule has 1 heterocycles. The molecule has 3 heteroatoms. The van der Waals surface area contributed by atoms with E-state index in [4.69, 9.17) is 4.74 Å².